The number of carbonyl (C=O) groups excluding carboxylic acids is 1. The number of rotatable bonds is 6. The highest BCUT2D eigenvalue weighted by Crippen LogP contribution is 2.37. The molecule has 25 heavy (non-hydrogen) atoms. The van der Waals surface area contributed by atoms with E-state index in [4.69, 9.17) is 4.74 Å². The molecule has 1 saturated heterocycles. The van der Waals surface area contributed by atoms with Crippen molar-refractivity contribution in [2.24, 2.45) is 0 Å². The van der Waals surface area contributed by atoms with Gasteiger partial charge in [0.25, 0.3) is 0 Å². The second-order valence-corrected chi connectivity index (χ2v) is 8.27. The van der Waals surface area contributed by atoms with E-state index in [9.17, 15) is 9.90 Å². The molecule has 1 aromatic carbocycles. The summed E-state index contributed by atoms with van der Waals surface area (Å²) in [6.45, 7) is 10.4. The van der Waals surface area contributed by atoms with Crippen LogP contribution in [-0.2, 0) is 4.74 Å². The molecule has 1 aliphatic rings. The van der Waals surface area contributed by atoms with E-state index in [-0.39, 0.29) is 29.2 Å². The first-order valence-corrected chi connectivity index (χ1v) is 9.06. The molecule has 3 N–H and O–H groups in total. The van der Waals surface area contributed by atoms with Crippen LogP contribution in [0.3, 0.4) is 0 Å². The standard InChI is InChI=1S/C20H32N2O3/c1-14(23)11-16(15-9-7-6-8-10-15)13-21-18(24)22-17-12-19(2,3)25-20(17,4)5/h6-10,14,16-17,23H,11-13H2,1-5H3,(H2,21,22,24)/t14-,16-,17+/m0/s1. The van der Waals surface area contributed by atoms with Crippen molar-refractivity contribution in [2.75, 3.05) is 6.54 Å². The molecule has 0 aliphatic carbocycles. The zero-order valence-electron chi connectivity index (χ0n) is 16.0. The molecular formula is C20H32N2O3. The number of urea groups is 1. The minimum Gasteiger partial charge on any atom is -0.393 e. The fourth-order valence-corrected chi connectivity index (χ4v) is 3.69. The number of nitrogens with one attached hydrogen (secondary N) is 2. The summed E-state index contributed by atoms with van der Waals surface area (Å²) in [7, 11) is 0. The summed E-state index contributed by atoms with van der Waals surface area (Å²) in [6, 6.07) is 9.76. The number of ether oxygens (including phenoxy) is 1. The lowest BCUT2D eigenvalue weighted by Crippen LogP contribution is -2.50. The molecule has 1 aromatic rings. The number of aliphatic hydroxyl groups excluding tert-OH is 1. The summed E-state index contributed by atoms with van der Waals surface area (Å²) in [5.74, 6) is 0.0798. The topological polar surface area (TPSA) is 70.6 Å². The van der Waals surface area contributed by atoms with Gasteiger partial charge in [-0.2, -0.15) is 0 Å². The fourth-order valence-electron chi connectivity index (χ4n) is 3.69. The summed E-state index contributed by atoms with van der Waals surface area (Å²) in [4.78, 5) is 12.4. The van der Waals surface area contributed by atoms with Crippen LogP contribution in [0.25, 0.3) is 0 Å². The smallest absolute Gasteiger partial charge is 0.315 e. The van der Waals surface area contributed by atoms with Gasteiger partial charge in [0.15, 0.2) is 0 Å². The molecule has 1 fully saturated rings. The Morgan fingerprint density at radius 2 is 1.92 bits per heavy atom. The summed E-state index contributed by atoms with van der Waals surface area (Å²) in [5, 5.41) is 15.8. The number of hydrogen-bond acceptors (Lipinski definition) is 3. The highest BCUT2D eigenvalue weighted by Gasteiger charge is 2.46. The van der Waals surface area contributed by atoms with Crippen molar-refractivity contribution >= 4 is 6.03 Å². The van der Waals surface area contributed by atoms with Crippen LogP contribution in [0.15, 0.2) is 30.3 Å². The van der Waals surface area contributed by atoms with Gasteiger partial charge in [-0.1, -0.05) is 30.3 Å². The maximum absolute atomic E-state index is 12.4. The van der Waals surface area contributed by atoms with E-state index in [2.05, 4.69) is 10.6 Å². The average Bonchev–Trinajstić information content (AvgIpc) is 2.71. The predicted octanol–water partition coefficient (Wildman–Crippen LogP) is 3.19. The van der Waals surface area contributed by atoms with Crippen LogP contribution in [0.5, 0.6) is 0 Å². The van der Waals surface area contributed by atoms with Gasteiger partial charge < -0.3 is 20.5 Å². The third-order valence-electron chi connectivity index (χ3n) is 4.79. The molecule has 0 radical (unpaired) electrons. The Kier molecular flexibility index (Phi) is 6.12. The summed E-state index contributed by atoms with van der Waals surface area (Å²) in [6.07, 6.45) is 0.969. The van der Waals surface area contributed by atoms with E-state index in [1.165, 1.54) is 0 Å². The van der Waals surface area contributed by atoms with Gasteiger partial charge in [0.2, 0.25) is 0 Å². The Bertz CT molecular complexity index is 570. The van der Waals surface area contributed by atoms with E-state index in [1.807, 2.05) is 58.0 Å². The van der Waals surface area contributed by atoms with E-state index in [1.54, 1.807) is 6.92 Å². The molecule has 2 rings (SSSR count). The third-order valence-corrected chi connectivity index (χ3v) is 4.79. The van der Waals surface area contributed by atoms with Crippen molar-refractivity contribution < 1.29 is 14.6 Å². The lowest BCUT2D eigenvalue weighted by atomic mass is 9.93. The van der Waals surface area contributed by atoms with Crippen molar-refractivity contribution in [1.82, 2.24) is 10.6 Å². The predicted molar refractivity (Wildman–Crippen MR) is 99.7 cm³/mol. The summed E-state index contributed by atoms with van der Waals surface area (Å²) in [5.41, 5.74) is 0.494. The average molecular weight is 348 g/mol. The minimum absolute atomic E-state index is 0.0329. The first-order valence-electron chi connectivity index (χ1n) is 9.06. The van der Waals surface area contributed by atoms with Crippen LogP contribution in [0.2, 0.25) is 0 Å². The molecule has 0 aromatic heterocycles. The fraction of sp³-hybridized carbons (Fsp3) is 0.650. The van der Waals surface area contributed by atoms with E-state index in [0.29, 0.717) is 13.0 Å². The van der Waals surface area contributed by atoms with Crippen LogP contribution >= 0.6 is 0 Å². The molecule has 0 unspecified atom stereocenters. The number of aliphatic hydroxyl groups is 1. The number of benzene rings is 1. The normalized spacial score (nSPS) is 23.7. The largest absolute Gasteiger partial charge is 0.393 e. The van der Waals surface area contributed by atoms with Crippen molar-refractivity contribution in [3.63, 3.8) is 0 Å². The van der Waals surface area contributed by atoms with Gasteiger partial charge in [-0.15, -0.1) is 0 Å². The number of carbonyl (C=O) groups is 1. The van der Waals surface area contributed by atoms with Gasteiger partial charge in [-0.05, 0) is 53.0 Å². The van der Waals surface area contributed by atoms with Gasteiger partial charge in [0.1, 0.15) is 0 Å². The molecule has 5 heteroatoms. The first-order chi connectivity index (χ1) is 11.6. The van der Waals surface area contributed by atoms with E-state index < -0.39 is 6.10 Å². The number of amides is 2. The van der Waals surface area contributed by atoms with Crippen molar-refractivity contribution in [3.05, 3.63) is 35.9 Å². The molecule has 0 saturated carbocycles. The van der Waals surface area contributed by atoms with Crippen molar-refractivity contribution in [3.8, 4) is 0 Å². The quantitative estimate of drug-likeness (QED) is 0.739. The second kappa shape index (κ2) is 7.75. The molecular weight excluding hydrogens is 316 g/mol. The Hall–Kier alpha value is -1.59. The van der Waals surface area contributed by atoms with E-state index >= 15 is 0 Å². The molecule has 5 nitrogen and oxygen atoms in total. The summed E-state index contributed by atoms with van der Waals surface area (Å²) >= 11 is 0. The van der Waals surface area contributed by atoms with Crippen LogP contribution < -0.4 is 10.6 Å². The molecule has 0 spiro atoms. The molecule has 0 bridgehead atoms. The third kappa shape index (κ3) is 5.72. The van der Waals surface area contributed by atoms with Crippen molar-refractivity contribution in [2.45, 2.75) is 76.7 Å². The minimum atomic E-state index is -0.418. The maximum Gasteiger partial charge on any atom is 0.315 e. The molecule has 1 heterocycles. The van der Waals surface area contributed by atoms with Crippen LogP contribution in [-0.4, -0.2) is 41.0 Å². The maximum atomic E-state index is 12.4. The van der Waals surface area contributed by atoms with Gasteiger partial charge in [-0.25, -0.2) is 4.79 Å². The number of hydrogen-bond donors (Lipinski definition) is 3. The van der Waals surface area contributed by atoms with Crippen LogP contribution in [0, 0.1) is 0 Å². The molecule has 1 aliphatic heterocycles. The molecule has 3 atom stereocenters. The van der Waals surface area contributed by atoms with Gasteiger partial charge in [0.05, 0.1) is 23.3 Å². The second-order valence-electron chi connectivity index (χ2n) is 8.27. The van der Waals surface area contributed by atoms with Crippen LogP contribution in [0.4, 0.5) is 4.79 Å². The zero-order chi connectivity index (χ0) is 18.7. The van der Waals surface area contributed by atoms with Gasteiger partial charge >= 0.3 is 6.03 Å². The Morgan fingerprint density at radius 1 is 1.28 bits per heavy atom. The zero-order valence-corrected chi connectivity index (χ0v) is 16.0. The lowest BCUT2D eigenvalue weighted by molar-refractivity contribution is -0.0690. The van der Waals surface area contributed by atoms with Gasteiger partial charge in [-0.3, -0.25) is 0 Å². The van der Waals surface area contributed by atoms with Crippen molar-refractivity contribution in [1.29, 1.82) is 0 Å². The molecule has 2 amide bonds. The lowest BCUT2D eigenvalue weighted by Gasteiger charge is -2.28. The Balaban J connectivity index is 1.93. The highest BCUT2D eigenvalue weighted by atomic mass is 16.5. The van der Waals surface area contributed by atoms with Crippen LogP contribution in [0.1, 0.15) is 58.9 Å². The Labute approximate surface area is 151 Å². The molecule has 140 valence electrons. The highest BCUT2D eigenvalue weighted by molar-refractivity contribution is 5.74. The summed E-state index contributed by atoms with van der Waals surface area (Å²) < 4.78 is 6.02. The first kappa shape index (κ1) is 19.7. The van der Waals surface area contributed by atoms with Gasteiger partial charge in [0, 0.05) is 12.5 Å². The van der Waals surface area contributed by atoms with E-state index in [0.717, 1.165) is 12.0 Å². The Morgan fingerprint density at radius 3 is 2.44 bits per heavy atom. The SMILES string of the molecule is C[C@H](O)C[C@@H](CNC(=O)N[C@@H]1CC(C)(C)OC1(C)C)c1ccccc1. The monoisotopic (exact) mass is 348 g/mol.